The summed E-state index contributed by atoms with van der Waals surface area (Å²) in [6.07, 6.45) is 3.72. The lowest BCUT2D eigenvalue weighted by Crippen LogP contribution is -2.10. The van der Waals surface area contributed by atoms with Gasteiger partial charge in [-0.15, -0.1) is 0 Å². The van der Waals surface area contributed by atoms with Crippen LogP contribution in [0.15, 0.2) is 36.7 Å². The van der Waals surface area contributed by atoms with E-state index >= 15 is 0 Å². The van der Waals surface area contributed by atoms with Gasteiger partial charge >= 0.3 is 0 Å². The Morgan fingerprint density at radius 2 is 2.31 bits per heavy atom. The van der Waals surface area contributed by atoms with E-state index in [-0.39, 0.29) is 0 Å². The summed E-state index contributed by atoms with van der Waals surface area (Å²) in [7, 11) is 0. The molecule has 3 nitrogen and oxygen atoms in total. The normalized spacial score (nSPS) is 10.4. The molecule has 0 aliphatic rings. The van der Waals surface area contributed by atoms with E-state index in [4.69, 9.17) is 11.6 Å². The molecule has 0 saturated heterocycles. The van der Waals surface area contributed by atoms with Gasteiger partial charge in [-0.1, -0.05) is 17.7 Å². The maximum atomic E-state index is 6.11. The molecule has 0 radical (unpaired) electrons. The average molecular weight is 236 g/mol. The van der Waals surface area contributed by atoms with E-state index in [1.807, 2.05) is 42.1 Å². The van der Waals surface area contributed by atoms with Crippen LogP contribution in [0.2, 0.25) is 5.02 Å². The van der Waals surface area contributed by atoms with E-state index in [2.05, 4.69) is 10.4 Å². The average Bonchev–Trinajstić information content (AvgIpc) is 2.74. The Hall–Kier alpha value is -1.48. The molecule has 84 valence electrons. The molecule has 2 aromatic rings. The Kier molecular flexibility index (Phi) is 3.47. The highest BCUT2D eigenvalue weighted by atomic mass is 35.5. The van der Waals surface area contributed by atoms with Crippen molar-refractivity contribution in [2.45, 2.75) is 13.5 Å². The molecule has 16 heavy (non-hydrogen) atoms. The Bertz CT molecular complexity index is 451. The van der Waals surface area contributed by atoms with Crippen LogP contribution in [-0.2, 0) is 6.54 Å². The Balaban J connectivity index is 1.90. The summed E-state index contributed by atoms with van der Waals surface area (Å²) in [4.78, 5) is 0. The van der Waals surface area contributed by atoms with Crippen LogP contribution in [0, 0.1) is 6.92 Å². The number of aromatic nitrogens is 2. The molecule has 0 atom stereocenters. The fraction of sp³-hybridized carbons (Fsp3) is 0.250. The maximum Gasteiger partial charge on any atom is 0.0640 e. The third kappa shape index (κ3) is 2.76. The summed E-state index contributed by atoms with van der Waals surface area (Å²) in [6.45, 7) is 3.67. The number of nitrogens with one attached hydrogen (secondary N) is 1. The second kappa shape index (κ2) is 5.03. The molecule has 0 unspecified atom stereocenters. The van der Waals surface area contributed by atoms with Crippen LogP contribution < -0.4 is 5.32 Å². The third-order valence-corrected chi connectivity index (χ3v) is 2.65. The third-order valence-electron chi connectivity index (χ3n) is 2.34. The summed E-state index contributed by atoms with van der Waals surface area (Å²) in [5, 5.41) is 8.18. The second-order valence-corrected chi connectivity index (χ2v) is 4.09. The Morgan fingerprint density at radius 1 is 1.44 bits per heavy atom. The van der Waals surface area contributed by atoms with Crippen molar-refractivity contribution in [2.75, 3.05) is 11.9 Å². The predicted octanol–water partition coefficient (Wildman–Crippen LogP) is 2.96. The summed E-state index contributed by atoms with van der Waals surface area (Å²) in [5.74, 6) is 0. The van der Waals surface area contributed by atoms with Crippen molar-refractivity contribution in [3.8, 4) is 0 Å². The molecular weight excluding hydrogens is 222 g/mol. The molecule has 4 heteroatoms. The fourth-order valence-electron chi connectivity index (χ4n) is 1.50. The van der Waals surface area contributed by atoms with Crippen LogP contribution in [0.3, 0.4) is 0 Å². The molecule has 1 aromatic carbocycles. The van der Waals surface area contributed by atoms with Crippen LogP contribution in [0.1, 0.15) is 5.56 Å². The smallest absolute Gasteiger partial charge is 0.0640 e. The molecular formula is C12H14ClN3. The number of anilines is 1. The Morgan fingerprint density at radius 3 is 3.00 bits per heavy atom. The lowest BCUT2D eigenvalue weighted by atomic mass is 10.2. The van der Waals surface area contributed by atoms with Crippen LogP contribution in [-0.4, -0.2) is 16.3 Å². The van der Waals surface area contributed by atoms with E-state index in [9.17, 15) is 0 Å². The molecule has 0 aliphatic heterocycles. The van der Waals surface area contributed by atoms with Crippen molar-refractivity contribution in [1.82, 2.24) is 9.78 Å². The molecule has 0 aliphatic carbocycles. The van der Waals surface area contributed by atoms with Gasteiger partial charge in [0, 0.05) is 18.9 Å². The fourth-order valence-corrected chi connectivity index (χ4v) is 1.80. The number of hydrogen-bond donors (Lipinski definition) is 1. The lowest BCUT2D eigenvalue weighted by Gasteiger charge is -2.08. The zero-order valence-electron chi connectivity index (χ0n) is 9.15. The molecule has 0 amide bonds. The van der Waals surface area contributed by atoms with Gasteiger partial charge in [0.05, 0.1) is 17.3 Å². The van der Waals surface area contributed by atoms with Crippen molar-refractivity contribution in [3.63, 3.8) is 0 Å². The summed E-state index contributed by atoms with van der Waals surface area (Å²) in [6, 6.07) is 7.92. The molecule has 1 N–H and O–H groups in total. The van der Waals surface area contributed by atoms with Crippen LogP contribution in [0.5, 0.6) is 0 Å². The van der Waals surface area contributed by atoms with Gasteiger partial charge < -0.3 is 5.32 Å². The molecule has 0 spiro atoms. The first-order valence-electron chi connectivity index (χ1n) is 5.23. The standard InChI is InChI=1S/C12H14ClN3/c1-10-3-4-12(11(13)9-10)14-6-8-16-7-2-5-15-16/h2-5,7,9,14H,6,8H2,1H3. The highest BCUT2D eigenvalue weighted by Gasteiger charge is 1.99. The minimum Gasteiger partial charge on any atom is -0.382 e. The van der Waals surface area contributed by atoms with Gasteiger partial charge in [-0.3, -0.25) is 4.68 Å². The monoisotopic (exact) mass is 235 g/mol. The number of nitrogens with zero attached hydrogens (tertiary/aromatic N) is 2. The van der Waals surface area contributed by atoms with E-state index in [1.165, 1.54) is 5.56 Å². The molecule has 1 heterocycles. The number of halogens is 1. The zero-order chi connectivity index (χ0) is 11.4. The highest BCUT2D eigenvalue weighted by molar-refractivity contribution is 6.33. The summed E-state index contributed by atoms with van der Waals surface area (Å²) in [5.41, 5.74) is 2.14. The lowest BCUT2D eigenvalue weighted by molar-refractivity contribution is 0.638. The van der Waals surface area contributed by atoms with Crippen LogP contribution in [0.25, 0.3) is 0 Å². The predicted molar refractivity (Wildman–Crippen MR) is 66.9 cm³/mol. The first kappa shape index (κ1) is 11.0. The van der Waals surface area contributed by atoms with E-state index in [1.54, 1.807) is 6.20 Å². The molecule has 0 fully saturated rings. The maximum absolute atomic E-state index is 6.11. The van der Waals surface area contributed by atoms with E-state index < -0.39 is 0 Å². The second-order valence-electron chi connectivity index (χ2n) is 3.68. The summed E-state index contributed by atoms with van der Waals surface area (Å²) >= 11 is 6.11. The van der Waals surface area contributed by atoms with Crippen molar-refractivity contribution < 1.29 is 0 Å². The molecule has 0 saturated carbocycles. The first-order valence-corrected chi connectivity index (χ1v) is 5.61. The Labute approximate surface area is 100 Å². The van der Waals surface area contributed by atoms with Gasteiger partial charge in [0.1, 0.15) is 0 Å². The van der Waals surface area contributed by atoms with Gasteiger partial charge in [0.15, 0.2) is 0 Å². The quantitative estimate of drug-likeness (QED) is 0.883. The number of rotatable bonds is 4. The van der Waals surface area contributed by atoms with Crippen molar-refractivity contribution in [3.05, 3.63) is 47.2 Å². The zero-order valence-corrected chi connectivity index (χ0v) is 9.91. The van der Waals surface area contributed by atoms with Gasteiger partial charge in [0.25, 0.3) is 0 Å². The molecule has 2 rings (SSSR count). The molecule has 1 aromatic heterocycles. The number of aryl methyl sites for hydroxylation is 1. The summed E-state index contributed by atoms with van der Waals surface area (Å²) < 4.78 is 1.88. The number of benzene rings is 1. The van der Waals surface area contributed by atoms with Gasteiger partial charge in [0.2, 0.25) is 0 Å². The van der Waals surface area contributed by atoms with Gasteiger partial charge in [-0.05, 0) is 30.7 Å². The topological polar surface area (TPSA) is 29.9 Å². The van der Waals surface area contributed by atoms with Crippen LogP contribution in [0.4, 0.5) is 5.69 Å². The molecule has 0 bridgehead atoms. The minimum atomic E-state index is 0.764. The van der Waals surface area contributed by atoms with E-state index in [0.717, 1.165) is 23.8 Å². The van der Waals surface area contributed by atoms with Crippen LogP contribution >= 0.6 is 11.6 Å². The highest BCUT2D eigenvalue weighted by Crippen LogP contribution is 2.22. The SMILES string of the molecule is Cc1ccc(NCCn2cccn2)c(Cl)c1. The largest absolute Gasteiger partial charge is 0.382 e. The number of hydrogen-bond acceptors (Lipinski definition) is 2. The van der Waals surface area contributed by atoms with E-state index in [0.29, 0.717) is 0 Å². The minimum absolute atomic E-state index is 0.764. The first-order chi connectivity index (χ1) is 7.75. The van der Waals surface area contributed by atoms with Gasteiger partial charge in [-0.2, -0.15) is 5.10 Å². The van der Waals surface area contributed by atoms with Gasteiger partial charge in [-0.25, -0.2) is 0 Å². The van der Waals surface area contributed by atoms with Crippen molar-refractivity contribution in [2.24, 2.45) is 0 Å². The van der Waals surface area contributed by atoms with Crippen molar-refractivity contribution >= 4 is 17.3 Å². The van der Waals surface area contributed by atoms with Crippen molar-refractivity contribution in [1.29, 1.82) is 0 Å².